The van der Waals surface area contributed by atoms with Crippen molar-refractivity contribution in [1.29, 1.82) is 5.26 Å². The van der Waals surface area contributed by atoms with E-state index in [2.05, 4.69) is 5.43 Å². The molecule has 0 amide bonds. The van der Waals surface area contributed by atoms with Crippen LogP contribution in [0.15, 0.2) is 18.2 Å². The van der Waals surface area contributed by atoms with Gasteiger partial charge in [0.1, 0.15) is 5.82 Å². The second-order valence-electron chi connectivity index (χ2n) is 2.40. The molecule has 7 nitrogen and oxygen atoms in total. The number of hydrazine groups is 1. The number of halogens is 1. The monoisotopic (exact) mass is 249 g/mol. The van der Waals surface area contributed by atoms with E-state index in [1.54, 1.807) is 0 Å². The number of rotatable bonds is 1. The average molecular weight is 249 g/mol. The summed E-state index contributed by atoms with van der Waals surface area (Å²) in [5, 5.41) is 8.36. The molecule has 1 aromatic rings. The highest BCUT2D eigenvalue weighted by Crippen LogP contribution is 2.13. The van der Waals surface area contributed by atoms with E-state index in [9.17, 15) is 4.39 Å². The molecule has 0 aliphatic rings. The van der Waals surface area contributed by atoms with Crippen molar-refractivity contribution in [2.75, 3.05) is 5.43 Å². The summed E-state index contributed by atoms with van der Waals surface area (Å²) < 4.78 is 44.3. The molecule has 0 aromatic heterocycles. The van der Waals surface area contributed by atoms with Crippen molar-refractivity contribution in [3.63, 3.8) is 0 Å². The number of nitrogens with zero attached hydrogens (tertiary/aromatic N) is 1. The predicted molar refractivity (Wildman–Crippen MR) is 53.1 cm³/mol. The van der Waals surface area contributed by atoms with E-state index in [0.717, 1.165) is 6.07 Å². The molecule has 0 saturated carbocycles. The summed E-state index contributed by atoms with van der Waals surface area (Å²) in [4.78, 5) is 0. The number of nitrogens with two attached hydrogens (primary N) is 1. The topological polar surface area (TPSA) is 136 Å². The van der Waals surface area contributed by atoms with Crippen LogP contribution in [0.5, 0.6) is 0 Å². The van der Waals surface area contributed by atoms with Gasteiger partial charge in [-0.25, -0.2) is 4.39 Å². The van der Waals surface area contributed by atoms with Crippen LogP contribution in [0.2, 0.25) is 0 Å². The van der Waals surface area contributed by atoms with Gasteiger partial charge >= 0.3 is 10.4 Å². The molecule has 0 aliphatic heterocycles. The summed E-state index contributed by atoms with van der Waals surface area (Å²) in [6.07, 6.45) is 0. The molecule has 88 valence electrons. The first-order chi connectivity index (χ1) is 7.27. The summed E-state index contributed by atoms with van der Waals surface area (Å²) in [7, 11) is -4.67. The van der Waals surface area contributed by atoms with Crippen LogP contribution in [-0.2, 0) is 10.4 Å². The first kappa shape index (κ1) is 14.3. The summed E-state index contributed by atoms with van der Waals surface area (Å²) in [6, 6.07) is 5.83. The molecule has 0 radical (unpaired) electrons. The Labute approximate surface area is 90.9 Å². The van der Waals surface area contributed by atoms with Crippen molar-refractivity contribution in [2.24, 2.45) is 5.84 Å². The zero-order valence-corrected chi connectivity index (χ0v) is 8.57. The van der Waals surface area contributed by atoms with Crippen LogP contribution in [-0.4, -0.2) is 17.5 Å². The summed E-state index contributed by atoms with van der Waals surface area (Å²) >= 11 is 0. The molecule has 5 N–H and O–H groups in total. The molecule has 9 heteroatoms. The molecule has 0 heterocycles. The van der Waals surface area contributed by atoms with Gasteiger partial charge in [-0.15, -0.1) is 0 Å². The maximum atomic E-state index is 12.7. The van der Waals surface area contributed by atoms with Gasteiger partial charge in [-0.1, -0.05) is 0 Å². The second-order valence-corrected chi connectivity index (χ2v) is 3.29. The Hall–Kier alpha value is -1.73. The molecule has 0 aliphatic carbocycles. The molecule has 0 fully saturated rings. The van der Waals surface area contributed by atoms with Crippen LogP contribution >= 0.6 is 0 Å². The molecule has 0 spiro atoms. The van der Waals surface area contributed by atoms with E-state index in [1.807, 2.05) is 6.07 Å². The Morgan fingerprint density at radius 2 is 1.94 bits per heavy atom. The van der Waals surface area contributed by atoms with E-state index in [4.69, 9.17) is 28.6 Å². The highest BCUT2D eigenvalue weighted by atomic mass is 32.3. The quantitative estimate of drug-likeness (QED) is 0.319. The molecular formula is C7H8FN3O4S. The first-order valence-corrected chi connectivity index (χ1v) is 5.03. The number of hydrogen-bond donors (Lipinski definition) is 4. The Balaban J connectivity index is 0.000000385. The number of nitrogen functional groups attached to an aromatic ring is 1. The van der Waals surface area contributed by atoms with Crippen molar-refractivity contribution in [1.82, 2.24) is 0 Å². The van der Waals surface area contributed by atoms with Gasteiger partial charge in [0, 0.05) is 0 Å². The fraction of sp³-hybridized carbons (Fsp3) is 0. The van der Waals surface area contributed by atoms with E-state index < -0.39 is 16.2 Å². The predicted octanol–water partition coefficient (Wildman–Crippen LogP) is 0.330. The third kappa shape index (κ3) is 6.68. The third-order valence-electron chi connectivity index (χ3n) is 1.25. The van der Waals surface area contributed by atoms with E-state index in [1.165, 1.54) is 12.1 Å². The maximum absolute atomic E-state index is 12.7. The lowest BCUT2D eigenvalue weighted by atomic mass is 10.2. The fourth-order valence-corrected chi connectivity index (χ4v) is 0.702. The minimum absolute atomic E-state index is 0.184. The lowest BCUT2D eigenvalue weighted by molar-refractivity contribution is 0.381. The highest BCUT2D eigenvalue weighted by Gasteiger charge is 1.99. The van der Waals surface area contributed by atoms with Crippen LogP contribution < -0.4 is 11.3 Å². The molecular weight excluding hydrogens is 241 g/mol. The Morgan fingerprint density at radius 3 is 2.25 bits per heavy atom. The van der Waals surface area contributed by atoms with E-state index >= 15 is 0 Å². The fourth-order valence-electron chi connectivity index (χ4n) is 0.702. The van der Waals surface area contributed by atoms with Crippen molar-refractivity contribution < 1.29 is 21.9 Å². The van der Waals surface area contributed by atoms with Crippen molar-refractivity contribution in [3.8, 4) is 6.07 Å². The van der Waals surface area contributed by atoms with E-state index in [-0.39, 0.29) is 11.3 Å². The highest BCUT2D eigenvalue weighted by molar-refractivity contribution is 7.79. The normalized spacial score (nSPS) is 9.69. The summed E-state index contributed by atoms with van der Waals surface area (Å²) in [5.74, 6) is 4.45. The number of hydrogen-bond acceptors (Lipinski definition) is 5. The van der Waals surface area contributed by atoms with Crippen LogP contribution in [0.4, 0.5) is 10.1 Å². The third-order valence-corrected chi connectivity index (χ3v) is 1.25. The van der Waals surface area contributed by atoms with Gasteiger partial charge in [-0.3, -0.25) is 14.9 Å². The molecule has 16 heavy (non-hydrogen) atoms. The number of benzene rings is 1. The van der Waals surface area contributed by atoms with Gasteiger partial charge in [0.2, 0.25) is 0 Å². The lowest BCUT2D eigenvalue weighted by Crippen LogP contribution is -2.08. The minimum Gasteiger partial charge on any atom is -0.321 e. The molecule has 1 rings (SSSR count). The maximum Gasteiger partial charge on any atom is 0.394 e. The molecule has 1 aromatic carbocycles. The SMILES string of the molecule is N#Cc1ccc(NN)c(F)c1.O=S(=O)(O)O. The molecule has 0 bridgehead atoms. The Morgan fingerprint density at radius 1 is 1.44 bits per heavy atom. The average Bonchev–Trinajstić information content (AvgIpc) is 2.15. The smallest absolute Gasteiger partial charge is 0.321 e. The second kappa shape index (κ2) is 5.99. The van der Waals surface area contributed by atoms with Crippen LogP contribution in [0.1, 0.15) is 5.56 Å². The zero-order valence-electron chi connectivity index (χ0n) is 7.75. The largest absolute Gasteiger partial charge is 0.394 e. The number of nitriles is 1. The van der Waals surface area contributed by atoms with Crippen LogP contribution in [0, 0.1) is 17.1 Å². The van der Waals surface area contributed by atoms with Gasteiger partial charge in [0.25, 0.3) is 0 Å². The number of nitrogens with one attached hydrogen (secondary N) is 1. The first-order valence-electron chi connectivity index (χ1n) is 3.64. The van der Waals surface area contributed by atoms with Crippen LogP contribution in [0.25, 0.3) is 0 Å². The van der Waals surface area contributed by atoms with Gasteiger partial charge in [0.15, 0.2) is 0 Å². The summed E-state index contributed by atoms with van der Waals surface area (Å²) in [6.45, 7) is 0. The van der Waals surface area contributed by atoms with Crippen molar-refractivity contribution >= 4 is 16.1 Å². The molecule has 0 unspecified atom stereocenters. The Bertz CT molecular complexity index is 489. The Kier molecular flexibility index (Phi) is 5.34. The van der Waals surface area contributed by atoms with Crippen molar-refractivity contribution in [2.45, 2.75) is 0 Å². The van der Waals surface area contributed by atoms with E-state index in [0.29, 0.717) is 0 Å². The summed E-state index contributed by atoms with van der Waals surface area (Å²) in [5.41, 5.74) is 2.63. The zero-order chi connectivity index (χ0) is 12.8. The van der Waals surface area contributed by atoms with Gasteiger partial charge in [-0.05, 0) is 18.2 Å². The standard InChI is InChI=1S/C7H6FN3.H2O4S/c8-6-3-5(4-9)1-2-7(6)11-10;1-5(2,3)4/h1-3,11H,10H2;(H2,1,2,3,4). The lowest BCUT2D eigenvalue weighted by Gasteiger charge is -1.99. The van der Waals surface area contributed by atoms with Gasteiger partial charge in [-0.2, -0.15) is 13.7 Å². The molecule has 0 atom stereocenters. The number of anilines is 1. The van der Waals surface area contributed by atoms with Gasteiger partial charge < -0.3 is 5.43 Å². The minimum atomic E-state index is -4.67. The van der Waals surface area contributed by atoms with Crippen molar-refractivity contribution in [3.05, 3.63) is 29.6 Å². The van der Waals surface area contributed by atoms with Gasteiger partial charge in [0.05, 0.1) is 17.3 Å². The van der Waals surface area contributed by atoms with Crippen LogP contribution in [0.3, 0.4) is 0 Å². The molecule has 0 saturated heterocycles.